The molecule has 346 valence electrons. The fourth-order valence-corrected chi connectivity index (χ4v) is 8.95. The number of unbranched alkanes of at least 4 members (excludes halogenated alkanes) is 2. The normalized spacial score (nSPS) is 11.4. The number of hydrogen-bond donors (Lipinski definition) is 0. The minimum absolute atomic E-state index is 1.11. The zero-order chi connectivity index (χ0) is 48.1. The molecule has 9 rings (SSSR count). The molecule has 0 fully saturated rings. The van der Waals surface area contributed by atoms with E-state index in [0.29, 0.717) is 0 Å². The van der Waals surface area contributed by atoms with Crippen molar-refractivity contribution in [3.05, 3.63) is 263 Å². The monoisotopic (exact) mass is 909 g/mol. The number of nitrogens with zero attached hydrogens (tertiary/aromatic N) is 2. The SMILES string of the molecule is CCCCc1ccc(N(c2ccc(C=Cc3ccc(C)cc3)cc2)c2ccc(-c3ccc(-c4ccc(N(c5ccc(C=Cc6ccc(C)cc6)cc5)c5ccc(CCCC)cc5)cc4)cc3)cc2)cc1. The Hall–Kier alpha value is -7.94. The number of hydrogen-bond acceptors (Lipinski definition) is 2. The van der Waals surface area contributed by atoms with Crippen LogP contribution in [0.1, 0.15) is 84.0 Å². The standard InChI is InChI=1S/C68H64N2/c1-5-7-9-53-23-39-63(40-24-53)69(65-43-27-57(28-44-65)21-19-55-15-11-51(3)12-16-55)67-47-35-61(36-48-67)59-31-33-60(34-32-59)62-37-49-68(50-38-62)70(64-41-25-54(26-42-64)10-8-6-2)66-45-29-58(30-46-66)22-20-56-17-13-52(4)14-18-56/h11-50H,5-10H2,1-4H3. The Morgan fingerprint density at radius 2 is 0.486 bits per heavy atom. The highest BCUT2D eigenvalue weighted by Gasteiger charge is 2.15. The molecular weight excluding hydrogens is 845 g/mol. The van der Waals surface area contributed by atoms with Crippen molar-refractivity contribution in [1.29, 1.82) is 0 Å². The van der Waals surface area contributed by atoms with E-state index in [-0.39, 0.29) is 0 Å². The molecule has 70 heavy (non-hydrogen) atoms. The lowest BCUT2D eigenvalue weighted by atomic mass is 9.99. The van der Waals surface area contributed by atoms with Gasteiger partial charge in [-0.15, -0.1) is 0 Å². The van der Waals surface area contributed by atoms with Gasteiger partial charge in [-0.25, -0.2) is 0 Å². The number of anilines is 6. The number of aryl methyl sites for hydroxylation is 4. The van der Waals surface area contributed by atoms with Crippen LogP contribution in [0.3, 0.4) is 0 Å². The van der Waals surface area contributed by atoms with Crippen LogP contribution >= 0.6 is 0 Å². The summed E-state index contributed by atoms with van der Waals surface area (Å²) in [6.07, 6.45) is 15.7. The Labute approximate surface area is 417 Å². The summed E-state index contributed by atoms with van der Waals surface area (Å²) in [5.74, 6) is 0. The van der Waals surface area contributed by atoms with E-state index in [2.05, 4.69) is 280 Å². The van der Waals surface area contributed by atoms with Crippen LogP contribution < -0.4 is 9.80 Å². The van der Waals surface area contributed by atoms with Gasteiger partial charge in [0, 0.05) is 34.1 Å². The van der Waals surface area contributed by atoms with Crippen molar-refractivity contribution < 1.29 is 0 Å². The first kappa shape index (κ1) is 47.1. The van der Waals surface area contributed by atoms with Gasteiger partial charge in [0.15, 0.2) is 0 Å². The fourth-order valence-electron chi connectivity index (χ4n) is 8.95. The third-order valence-corrected chi connectivity index (χ3v) is 13.2. The van der Waals surface area contributed by atoms with Gasteiger partial charge in [0.25, 0.3) is 0 Å². The lowest BCUT2D eigenvalue weighted by Crippen LogP contribution is -2.10. The molecule has 0 aliphatic carbocycles. The van der Waals surface area contributed by atoms with Gasteiger partial charge in [-0.05, 0) is 168 Å². The van der Waals surface area contributed by atoms with E-state index >= 15 is 0 Å². The molecule has 0 unspecified atom stereocenters. The summed E-state index contributed by atoms with van der Waals surface area (Å²) in [6, 6.07) is 80.2. The summed E-state index contributed by atoms with van der Waals surface area (Å²) in [4.78, 5) is 4.72. The van der Waals surface area contributed by atoms with Crippen molar-refractivity contribution in [2.45, 2.75) is 66.2 Å². The van der Waals surface area contributed by atoms with Crippen LogP contribution in [0.15, 0.2) is 218 Å². The number of rotatable bonds is 18. The highest BCUT2D eigenvalue weighted by atomic mass is 15.1. The number of benzene rings is 9. The third-order valence-electron chi connectivity index (χ3n) is 13.2. The maximum atomic E-state index is 2.36. The second-order valence-corrected chi connectivity index (χ2v) is 18.6. The predicted octanol–water partition coefficient (Wildman–Crippen LogP) is 19.6. The van der Waals surface area contributed by atoms with Gasteiger partial charge in [-0.2, -0.15) is 0 Å². The van der Waals surface area contributed by atoms with Crippen LogP contribution in [-0.2, 0) is 12.8 Å². The Bertz CT molecular complexity index is 2870. The van der Waals surface area contributed by atoms with Gasteiger partial charge < -0.3 is 9.80 Å². The van der Waals surface area contributed by atoms with Crippen molar-refractivity contribution in [1.82, 2.24) is 0 Å². The van der Waals surface area contributed by atoms with E-state index in [1.807, 2.05) is 0 Å². The molecule has 0 spiro atoms. The molecule has 0 bridgehead atoms. The third kappa shape index (κ3) is 12.0. The molecule has 0 amide bonds. The highest BCUT2D eigenvalue weighted by molar-refractivity contribution is 5.82. The molecular formula is C68H64N2. The average Bonchev–Trinajstić information content (AvgIpc) is 3.41. The zero-order valence-electron chi connectivity index (χ0n) is 41.2. The van der Waals surface area contributed by atoms with Gasteiger partial charge in [0.1, 0.15) is 0 Å². The second kappa shape index (κ2) is 22.9. The van der Waals surface area contributed by atoms with Gasteiger partial charge in [-0.1, -0.05) is 208 Å². The van der Waals surface area contributed by atoms with Crippen LogP contribution in [0.25, 0.3) is 46.6 Å². The lowest BCUT2D eigenvalue weighted by Gasteiger charge is -2.26. The first-order valence-corrected chi connectivity index (χ1v) is 25.2. The first-order chi connectivity index (χ1) is 34.4. The summed E-state index contributed by atoms with van der Waals surface area (Å²) in [6.45, 7) is 8.75. The first-order valence-electron chi connectivity index (χ1n) is 25.2. The molecule has 0 N–H and O–H groups in total. The van der Waals surface area contributed by atoms with Crippen LogP contribution in [0.5, 0.6) is 0 Å². The van der Waals surface area contributed by atoms with Crippen LogP contribution in [-0.4, -0.2) is 0 Å². The van der Waals surface area contributed by atoms with E-state index in [4.69, 9.17) is 0 Å². The average molecular weight is 909 g/mol. The quantitative estimate of drug-likeness (QED) is 0.0792. The fraction of sp³-hybridized carbons (Fsp3) is 0.147. The minimum atomic E-state index is 1.11. The van der Waals surface area contributed by atoms with E-state index < -0.39 is 0 Å². The summed E-state index contributed by atoms with van der Waals surface area (Å²) < 4.78 is 0. The molecule has 9 aromatic rings. The Kier molecular flexibility index (Phi) is 15.4. The highest BCUT2D eigenvalue weighted by Crippen LogP contribution is 2.39. The molecule has 0 heterocycles. The molecule has 0 aromatic heterocycles. The molecule has 9 aromatic carbocycles. The Morgan fingerprint density at radius 1 is 0.271 bits per heavy atom. The summed E-state index contributed by atoms with van der Waals surface area (Å²) >= 11 is 0. The van der Waals surface area contributed by atoms with E-state index in [9.17, 15) is 0 Å². The maximum Gasteiger partial charge on any atom is 0.0462 e. The van der Waals surface area contributed by atoms with Crippen LogP contribution in [0.4, 0.5) is 34.1 Å². The summed E-state index contributed by atoms with van der Waals surface area (Å²) in [5.41, 5.74) is 21.6. The van der Waals surface area contributed by atoms with Crippen molar-refractivity contribution >= 4 is 58.4 Å². The molecule has 0 aliphatic rings. The van der Waals surface area contributed by atoms with E-state index in [0.717, 1.165) is 47.0 Å². The van der Waals surface area contributed by atoms with E-state index in [1.165, 1.54) is 92.4 Å². The van der Waals surface area contributed by atoms with Crippen molar-refractivity contribution in [2.75, 3.05) is 9.80 Å². The summed E-state index contributed by atoms with van der Waals surface area (Å²) in [7, 11) is 0. The molecule has 2 heteroatoms. The van der Waals surface area contributed by atoms with Gasteiger partial charge in [0.2, 0.25) is 0 Å². The van der Waals surface area contributed by atoms with Crippen molar-refractivity contribution in [3.63, 3.8) is 0 Å². The Balaban J connectivity index is 0.932. The zero-order valence-corrected chi connectivity index (χ0v) is 41.2. The smallest absolute Gasteiger partial charge is 0.0462 e. The second-order valence-electron chi connectivity index (χ2n) is 18.6. The Morgan fingerprint density at radius 3 is 0.743 bits per heavy atom. The lowest BCUT2D eigenvalue weighted by molar-refractivity contribution is 0.795. The molecule has 0 saturated carbocycles. The topological polar surface area (TPSA) is 6.48 Å². The molecule has 2 nitrogen and oxygen atoms in total. The van der Waals surface area contributed by atoms with Gasteiger partial charge in [0.05, 0.1) is 0 Å². The van der Waals surface area contributed by atoms with Crippen LogP contribution in [0, 0.1) is 13.8 Å². The predicted molar refractivity (Wildman–Crippen MR) is 304 cm³/mol. The molecule has 0 saturated heterocycles. The maximum absolute atomic E-state index is 2.36. The van der Waals surface area contributed by atoms with Gasteiger partial charge >= 0.3 is 0 Å². The van der Waals surface area contributed by atoms with E-state index in [1.54, 1.807) is 0 Å². The molecule has 0 atom stereocenters. The largest absolute Gasteiger partial charge is 0.311 e. The molecule has 0 radical (unpaired) electrons. The van der Waals surface area contributed by atoms with Gasteiger partial charge in [-0.3, -0.25) is 0 Å². The van der Waals surface area contributed by atoms with Crippen molar-refractivity contribution in [3.8, 4) is 22.3 Å². The van der Waals surface area contributed by atoms with Crippen LogP contribution in [0.2, 0.25) is 0 Å². The molecule has 0 aliphatic heterocycles. The summed E-state index contributed by atoms with van der Waals surface area (Å²) in [5, 5.41) is 0. The van der Waals surface area contributed by atoms with Crippen molar-refractivity contribution in [2.24, 2.45) is 0 Å². The minimum Gasteiger partial charge on any atom is -0.311 e.